The lowest BCUT2D eigenvalue weighted by Crippen LogP contribution is -2.54. The van der Waals surface area contributed by atoms with Gasteiger partial charge >= 0.3 is 0 Å². The highest BCUT2D eigenvalue weighted by molar-refractivity contribution is 5.97. The lowest BCUT2D eigenvalue weighted by molar-refractivity contribution is -0.134. The zero-order valence-electron chi connectivity index (χ0n) is 18.3. The van der Waals surface area contributed by atoms with Crippen LogP contribution in [0, 0.1) is 5.92 Å². The molecule has 0 radical (unpaired) electrons. The summed E-state index contributed by atoms with van der Waals surface area (Å²) in [7, 11) is 1.59. The minimum absolute atomic E-state index is 0.0178. The predicted octanol–water partition coefficient (Wildman–Crippen LogP) is 2.76. The maximum Gasteiger partial charge on any atom is 0.286 e. The minimum atomic E-state index is -0.274. The van der Waals surface area contributed by atoms with Gasteiger partial charge in [-0.1, -0.05) is 24.3 Å². The number of hydrogen-bond acceptors (Lipinski definition) is 6. The molecule has 8 heteroatoms. The van der Waals surface area contributed by atoms with E-state index in [1.807, 2.05) is 42.5 Å². The fourth-order valence-electron chi connectivity index (χ4n) is 4.54. The molecule has 1 aliphatic carbocycles. The Morgan fingerprint density at radius 1 is 1.18 bits per heavy atom. The van der Waals surface area contributed by atoms with E-state index in [2.05, 4.69) is 10.6 Å². The summed E-state index contributed by atoms with van der Waals surface area (Å²) in [5, 5.41) is 6.04. The van der Waals surface area contributed by atoms with Crippen molar-refractivity contribution in [3.63, 3.8) is 0 Å². The van der Waals surface area contributed by atoms with Crippen molar-refractivity contribution in [3.8, 4) is 17.2 Å². The number of hydrogen-bond donors (Lipinski definition) is 2. The quantitative estimate of drug-likeness (QED) is 0.681. The van der Waals surface area contributed by atoms with Gasteiger partial charge in [-0.25, -0.2) is 0 Å². The summed E-state index contributed by atoms with van der Waals surface area (Å²) in [6, 6.07) is 12.9. The first-order valence-corrected chi connectivity index (χ1v) is 11.1. The fourth-order valence-corrected chi connectivity index (χ4v) is 4.54. The van der Waals surface area contributed by atoms with Crippen LogP contribution in [-0.4, -0.2) is 37.9 Å². The Hall–Kier alpha value is -3.68. The van der Waals surface area contributed by atoms with Gasteiger partial charge in [-0.15, -0.1) is 0 Å². The smallest absolute Gasteiger partial charge is 0.286 e. The van der Waals surface area contributed by atoms with Crippen LogP contribution in [-0.2, 0) is 20.9 Å². The molecule has 0 aromatic heterocycles. The molecule has 3 atom stereocenters. The zero-order chi connectivity index (χ0) is 22.8. The number of para-hydroxylation sites is 1. The molecule has 2 fully saturated rings. The van der Waals surface area contributed by atoms with E-state index in [0.29, 0.717) is 37.3 Å². The second-order valence-corrected chi connectivity index (χ2v) is 8.40. The Bertz CT molecular complexity index is 1100. The third-order valence-corrected chi connectivity index (χ3v) is 6.31. The van der Waals surface area contributed by atoms with Gasteiger partial charge in [0.1, 0.15) is 11.9 Å². The largest absolute Gasteiger partial charge is 0.496 e. The van der Waals surface area contributed by atoms with Gasteiger partial charge in [-0.2, -0.15) is 0 Å². The van der Waals surface area contributed by atoms with E-state index in [1.165, 1.54) is 0 Å². The Kier molecular flexibility index (Phi) is 5.81. The van der Waals surface area contributed by atoms with Crippen molar-refractivity contribution in [2.24, 2.45) is 5.92 Å². The van der Waals surface area contributed by atoms with Gasteiger partial charge in [0, 0.05) is 18.0 Å². The summed E-state index contributed by atoms with van der Waals surface area (Å²) in [4.78, 5) is 25.5. The number of methoxy groups -OCH3 is 1. The van der Waals surface area contributed by atoms with Gasteiger partial charge in [0.15, 0.2) is 17.3 Å². The normalized spacial score (nSPS) is 24.5. The molecule has 1 saturated carbocycles. The molecule has 3 aliphatic rings. The molecule has 33 heavy (non-hydrogen) atoms. The van der Waals surface area contributed by atoms with E-state index in [1.54, 1.807) is 13.2 Å². The average molecular weight is 450 g/mol. The molecule has 2 N–H and O–H groups in total. The van der Waals surface area contributed by atoms with Crippen molar-refractivity contribution in [3.05, 3.63) is 59.4 Å². The molecule has 1 saturated heterocycles. The molecule has 0 bridgehead atoms. The molecular formula is C25H26N2O6. The van der Waals surface area contributed by atoms with Crippen LogP contribution in [0.3, 0.4) is 0 Å². The molecule has 172 valence electrons. The van der Waals surface area contributed by atoms with Crippen molar-refractivity contribution in [2.75, 3.05) is 13.9 Å². The number of amides is 2. The molecule has 2 aromatic rings. The Labute approximate surface area is 191 Å². The van der Waals surface area contributed by atoms with E-state index in [-0.39, 0.29) is 42.4 Å². The van der Waals surface area contributed by atoms with Gasteiger partial charge in [-0.3, -0.25) is 9.59 Å². The van der Waals surface area contributed by atoms with Gasteiger partial charge in [-0.05, 0) is 49.1 Å². The van der Waals surface area contributed by atoms with Crippen molar-refractivity contribution >= 4 is 17.9 Å². The maximum absolute atomic E-state index is 12.8. The summed E-state index contributed by atoms with van der Waals surface area (Å²) in [5.41, 5.74) is 1.72. The first-order chi connectivity index (χ1) is 16.1. The second kappa shape index (κ2) is 9.05. The third kappa shape index (κ3) is 4.46. The number of rotatable bonds is 5. The summed E-state index contributed by atoms with van der Waals surface area (Å²) in [6.45, 7) is 0.633. The SMILES string of the molecule is COc1ccccc1/C=C1\OC2CCC(C(=O)NCc3ccc4c(c3)OCO4)CC2NC1=O. The van der Waals surface area contributed by atoms with Crippen LogP contribution in [0.5, 0.6) is 17.2 Å². The molecule has 3 unspecified atom stereocenters. The van der Waals surface area contributed by atoms with Crippen LogP contribution in [0.1, 0.15) is 30.4 Å². The van der Waals surface area contributed by atoms with Crippen LogP contribution < -0.4 is 24.8 Å². The molecule has 2 aliphatic heterocycles. The first-order valence-electron chi connectivity index (χ1n) is 11.1. The van der Waals surface area contributed by atoms with E-state index >= 15 is 0 Å². The highest BCUT2D eigenvalue weighted by atomic mass is 16.7. The van der Waals surface area contributed by atoms with Gasteiger partial charge in [0.05, 0.1) is 13.2 Å². The minimum Gasteiger partial charge on any atom is -0.496 e. The summed E-state index contributed by atoms with van der Waals surface area (Å²) >= 11 is 0. The summed E-state index contributed by atoms with van der Waals surface area (Å²) < 4.78 is 22.1. The molecule has 5 rings (SSSR count). The topological polar surface area (TPSA) is 95.1 Å². The monoisotopic (exact) mass is 450 g/mol. The van der Waals surface area contributed by atoms with Crippen LogP contribution in [0.2, 0.25) is 0 Å². The number of carbonyl (C=O) groups is 2. The van der Waals surface area contributed by atoms with E-state index in [4.69, 9.17) is 18.9 Å². The number of nitrogens with one attached hydrogen (secondary N) is 2. The maximum atomic E-state index is 12.8. The van der Waals surface area contributed by atoms with Gasteiger partial charge in [0.2, 0.25) is 12.7 Å². The Morgan fingerprint density at radius 3 is 2.91 bits per heavy atom. The van der Waals surface area contributed by atoms with Gasteiger partial charge in [0.25, 0.3) is 5.91 Å². The van der Waals surface area contributed by atoms with Crippen LogP contribution in [0.25, 0.3) is 6.08 Å². The fraction of sp³-hybridized carbons (Fsp3) is 0.360. The van der Waals surface area contributed by atoms with Crippen LogP contribution in [0.4, 0.5) is 0 Å². The molecule has 2 amide bonds. The van der Waals surface area contributed by atoms with Crippen molar-refractivity contribution in [1.82, 2.24) is 10.6 Å². The number of benzene rings is 2. The molecule has 2 heterocycles. The zero-order valence-corrected chi connectivity index (χ0v) is 18.3. The molecule has 8 nitrogen and oxygen atoms in total. The number of fused-ring (bicyclic) bond motifs is 2. The summed E-state index contributed by atoms with van der Waals surface area (Å²) in [6.07, 6.45) is 3.49. The second-order valence-electron chi connectivity index (χ2n) is 8.40. The Morgan fingerprint density at radius 2 is 2.03 bits per heavy atom. The van der Waals surface area contributed by atoms with Crippen molar-refractivity contribution in [1.29, 1.82) is 0 Å². The lowest BCUT2D eigenvalue weighted by atomic mass is 9.82. The van der Waals surface area contributed by atoms with Crippen LogP contribution in [0.15, 0.2) is 48.2 Å². The highest BCUT2D eigenvalue weighted by Crippen LogP contribution is 2.34. The number of ether oxygens (including phenoxy) is 4. The van der Waals surface area contributed by atoms with Gasteiger partial charge < -0.3 is 29.6 Å². The molecular weight excluding hydrogens is 424 g/mol. The lowest BCUT2D eigenvalue weighted by Gasteiger charge is -2.39. The highest BCUT2D eigenvalue weighted by Gasteiger charge is 2.40. The van der Waals surface area contributed by atoms with E-state index in [9.17, 15) is 9.59 Å². The first kappa shape index (κ1) is 21.2. The molecule has 0 spiro atoms. The van der Waals surface area contributed by atoms with Crippen LogP contribution >= 0.6 is 0 Å². The molecule has 2 aromatic carbocycles. The predicted molar refractivity (Wildman–Crippen MR) is 120 cm³/mol. The average Bonchev–Trinajstić information content (AvgIpc) is 3.31. The third-order valence-electron chi connectivity index (χ3n) is 6.31. The van der Waals surface area contributed by atoms with Crippen molar-refractivity contribution < 1.29 is 28.5 Å². The number of morpholine rings is 1. The Balaban J connectivity index is 1.18. The number of carbonyl (C=O) groups excluding carboxylic acids is 2. The van der Waals surface area contributed by atoms with Crippen molar-refractivity contribution in [2.45, 2.75) is 38.0 Å². The standard InChI is InChI=1S/C25H26N2O6/c1-30-19-5-3-2-4-16(19)12-23-25(29)27-18-11-17(7-9-20(18)33-23)24(28)26-13-15-6-8-21-22(10-15)32-14-31-21/h2-6,8,10,12,17-18,20H,7,9,11,13-14H2,1H3,(H,26,28)(H,27,29)/b23-12-. The summed E-state index contributed by atoms with van der Waals surface area (Å²) in [5.74, 6) is 1.89. The van der Waals surface area contributed by atoms with E-state index in [0.717, 1.165) is 16.9 Å². The van der Waals surface area contributed by atoms with E-state index < -0.39 is 0 Å².